The highest BCUT2D eigenvalue weighted by molar-refractivity contribution is 6.30. The van der Waals surface area contributed by atoms with Crippen LogP contribution in [0.5, 0.6) is 0 Å². The number of nitrogens with one attached hydrogen (secondary N) is 1. The molecule has 0 saturated heterocycles. The van der Waals surface area contributed by atoms with E-state index in [0.717, 1.165) is 10.7 Å². The summed E-state index contributed by atoms with van der Waals surface area (Å²) in [5, 5.41) is 4.24. The molecule has 0 spiro atoms. The fourth-order valence-corrected chi connectivity index (χ4v) is 1.86. The lowest BCUT2D eigenvalue weighted by atomic mass is 10.1. The third-order valence-electron chi connectivity index (χ3n) is 2.80. The summed E-state index contributed by atoms with van der Waals surface area (Å²) < 4.78 is 0. The molecule has 0 saturated carbocycles. The van der Waals surface area contributed by atoms with E-state index >= 15 is 0 Å². The Hall–Kier alpha value is -1.47. The highest BCUT2D eigenvalue weighted by atomic mass is 35.5. The molecular weight excluding hydrogens is 230 g/mol. The lowest BCUT2D eigenvalue weighted by molar-refractivity contribution is 0.885. The van der Waals surface area contributed by atoms with Gasteiger partial charge in [-0.05, 0) is 43.7 Å². The molecule has 1 nitrogen and oxygen atoms in total. The van der Waals surface area contributed by atoms with Crippen molar-refractivity contribution >= 4 is 17.3 Å². The van der Waals surface area contributed by atoms with Gasteiger partial charge < -0.3 is 5.32 Å². The molecule has 88 valence electrons. The SMILES string of the molecule is Cc1ccc(NC(C)c2ccc(Cl)cc2)cc1. The van der Waals surface area contributed by atoms with Crippen molar-refractivity contribution in [2.75, 3.05) is 5.32 Å². The quantitative estimate of drug-likeness (QED) is 0.817. The van der Waals surface area contributed by atoms with Gasteiger partial charge >= 0.3 is 0 Å². The predicted octanol–water partition coefficient (Wildman–Crippen LogP) is 4.82. The van der Waals surface area contributed by atoms with Crippen molar-refractivity contribution in [3.63, 3.8) is 0 Å². The van der Waals surface area contributed by atoms with Gasteiger partial charge in [0.2, 0.25) is 0 Å². The maximum absolute atomic E-state index is 5.87. The summed E-state index contributed by atoms with van der Waals surface area (Å²) in [6.07, 6.45) is 0. The molecule has 0 heterocycles. The standard InChI is InChI=1S/C15H16ClN/c1-11-3-9-15(10-4-11)17-12(2)13-5-7-14(16)8-6-13/h3-10,12,17H,1-2H3. The summed E-state index contributed by atoms with van der Waals surface area (Å²) in [4.78, 5) is 0. The van der Waals surface area contributed by atoms with Crippen molar-refractivity contribution in [2.45, 2.75) is 19.9 Å². The Morgan fingerprint density at radius 3 is 2.12 bits per heavy atom. The molecule has 2 aromatic rings. The Morgan fingerprint density at radius 2 is 1.53 bits per heavy atom. The van der Waals surface area contributed by atoms with Crippen molar-refractivity contribution in [2.24, 2.45) is 0 Å². The van der Waals surface area contributed by atoms with Crippen molar-refractivity contribution in [3.8, 4) is 0 Å². The van der Waals surface area contributed by atoms with Gasteiger partial charge in [-0.2, -0.15) is 0 Å². The van der Waals surface area contributed by atoms with Crippen molar-refractivity contribution in [1.29, 1.82) is 0 Å². The summed E-state index contributed by atoms with van der Waals surface area (Å²) in [6, 6.07) is 16.6. The Balaban J connectivity index is 2.08. The third kappa shape index (κ3) is 3.24. The molecular formula is C15H16ClN. The molecule has 0 aliphatic rings. The molecule has 0 bridgehead atoms. The van der Waals surface area contributed by atoms with Gasteiger partial charge in [-0.15, -0.1) is 0 Å². The Bertz CT molecular complexity index is 473. The third-order valence-corrected chi connectivity index (χ3v) is 3.06. The van der Waals surface area contributed by atoms with Crippen molar-refractivity contribution in [1.82, 2.24) is 0 Å². The molecule has 0 fully saturated rings. The Kier molecular flexibility index (Phi) is 3.70. The number of anilines is 1. The summed E-state index contributed by atoms with van der Waals surface area (Å²) in [7, 11) is 0. The average molecular weight is 246 g/mol. The summed E-state index contributed by atoms with van der Waals surface area (Å²) in [6.45, 7) is 4.23. The van der Waals surface area contributed by atoms with Gasteiger partial charge in [0.15, 0.2) is 0 Å². The largest absolute Gasteiger partial charge is 0.379 e. The number of benzene rings is 2. The minimum absolute atomic E-state index is 0.273. The topological polar surface area (TPSA) is 12.0 Å². The highest BCUT2D eigenvalue weighted by Gasteiger charge is 2.04. The maximum Gasteiger partial charge on any atom is 0.0485 e. The van der Waals surface area contributed by atoms with Crippen LogP contribution < -0.4 is 5.32 Å². The number of halogens is 1. The van der Waals surface area contributed by atoms with Gasteiger partial charge in [0.05, 0.1) is 0 Å². The first-order valence-corrected chi connectivity index (χ1v) is 6.11. The molecule has 1 atom stereocenters. The fraction of sp³-hybridized carbons (Fsp3) is 0.200. The van der Waals surface area contributed by atoms with Gasteiger partial charge in [0.1, 0.15) is 0 Å². The zero-order chi connectivity index (χ0) is 12.3. The minimum atomic E-state index is 0.273. The minimum Gasteiger partial charge on any atom is -0.379 e. The normalized spacial score (nSPS) is 12.2. The Labute approximate surface area is 107 Å². The molecule has 0 aliphatic carbocycles. The van der Waals surface area contributed by atoms with Crippen LogP contribution in [0.25, 0.3) is 0 Å². The molecule has 2 heteroatoms. The van der Waals surface area contributed by atoms with Crippen LogP contribution in [0.4, 0.5) is 5.69 Å². The molecule has 0 amide bonds. The highest BCUT2D eigenvalue weighted by Crippen LogP contribution is 2.21. The first-order chi connectivity index (χ1) is 8.15. The van der Waals surface area contributed by atoms with E-state index < -0.39 is 0 Å². The van der Waals surface area contributed by atoms with Crippen LogP contribution in [0.1, 0.15) is 24.1 Å². The van der Waals surface area contributed by atoms with Crippen molar-refractivity contribution < 1.29 is 0 Å². The first-order valence-electron chi connectivity index (χ1n) is 5.74. The average Bonchev–Trinajstić information content (AvgIpc) is 2.33. The predicted molar refractivity (Wildman–Crippen MR) is 74.7 cm³/mol. The molecule has 2 aromatic carbocycles. The van der Waals surface area contributed by atoms with Crippen LogP contribution in [0.2, 0.25) is 5.02 Å². The van der Waals surface area contributed by atoms with Gasteiger partial charge in [0.25, 0.3) is 0 Å². The Morgan fingerprint density at radius 1 is 0.941 bits per heavy atom. The first kappa shape index (κ1) is 12.0. The molecule has 17 heavy (non-hydrogen) atoms. The zero-order valence-corrected chi connectivity index (χ0v) is 10.8. The monoisotopic (exact) mass is 245 g/mol. The molecule has 0 aliphatic heterocycles. The summed E-state index contributed by atoms with van der Waals surface area (Å²) in [5.41, 5.74) is 3.64. The van der Waals surface area contributed by atoms with Crippen LogP contribution in [0, 0.1) is 6.92 Å². The van der Waals surface area contributed by atoms with Crippen molar-refractivity contribution in [3.05, 3.63) is 64.7 Å². The second-order valence-electron chi connectivity index (χ2n) is 4.28. The second kappa shape index (κ2) is 5.24. The lowest BCUT2D eigenvalue weighted by Crippen LogP contribution is -2.06. The number of hydrogen-bond acceptors (Lipinski definition) is 1. The van der Waals surface area contributed by atoms with E-state index in [4.69, 9.17) is 11.6 Å². The van der Waals surface area contributed by atoms with E-state index in [1.807, 2.05) is 24.3 Å². The van der Waals surface area contributed by atoms with Crippen LogP contribution in [-0.2, 0) is 0 Å². The molecule has 0 aromatic heterocycles. The van der Waals surface area contributed by atoms with Gasteiger partial charge in [-0.3, -0.25) is 0 Å². The lowest BCUT2D eigenvalue weighted by Gasteiger charge is -2.15. The number of aryl methyl sites for hydroxylation is 1. The van der Waals surface area contributed by atoms with E-state index in [1.165, 1.54) is 11.1 Å². The zero-order valence-electron chi connectivity index (χ0n) is 10.1. The molecule has 1 unspecified atom stereocenters. The molecule has 2 rings (SSSR count). The van der Waals surface area contributed by atoms with Crippen LogP contribution in [0.15, 0.2) is 48.5 Å². The summed E-state index contributed by atoms with van der Waals surface area (Å²) in [5.74, 6) is 0. The van der Waals surface area contributed by atoms with E-state index in [1.54, 1.807) is 0 Å². The molecule has 1 N–H and O–H groups in total. The van der Waals surface area contributed by atoms with E-state index in [9.17, 15) is 0 Å². The van der Waals surface area contributed by atoms with Gasteiger partial charge in [-0.1, -0.05) is 41.4 Å². The molecule has 0 radical (unpaired) electrons. The number of rotatable bonds is 3. The van der Waals surface area contributed by atoms with E-state index in [-0.39, 0.29) is 6.04 Å². The van der Waals surface area contributed by atoms with Crippen LogP contribution >= 0.6 is 11.6 Å². The van der Waals surface area contributed by atoms with Gasteiger partial charge in [-0.25, -0.2) is 0 Å². The van der Waals surface area contributed by atoms with E-state index in [0.29, 0.717) is 0 Å². The van der Waals surface area contributed by atoms with Crippen LogP contribution in [0.3, 0.4) is 0 Å². The number of hydrogen-bond donors (Lipinski definition) is 1. The maximum atomic E-state index is 5.87. The second-order valence-corrected chi connectivity index (χ2v) is 4.72. The smallest absolute Gasteiger partial charge is 0.0485 e. The van der Waals surface area contributed by atoms with Crippen LogP contribution in [-0.4, -0.2) is 0 Å². The fourth-order valence-electron chi connectivity index (χ4n) is 1.73. The van der Waals surface area contributed by atoms with Gasteiger partial charge in [0, 0.05) is 16.8 Å². The van der Waals surface area contributed by atoms with E-state index in [2.05, 4.69) is 43.4 Å². The summed E-state index contributed by atoms with van der Waals surface area (Å²) >= 11 is 5.87.